The Morgan fingerprint density at radius 3 is 2.84 bits per heavy atom. The molecule has 3 aliphatic rings. The molecule has 2 N–H and O–H groups in total. The number of Topliss-reactive ketones (excluding diaryl/α,β-unsaturated/α-hetero) is 1. The summed E-state index contributed by atoms with van der Waals surface area (Å²) in [5.74, 6) is 0.103. The van der Waals surface area contributed by atoms with Crippen LogP contribution in [0, 0.1) is 11.8 Å². The number of carboxylic acids is 1. The molecule has 2 aliphatic carbocycles. The SMILES string of the molecule is O=C(O)c1ccc2c(c1)NC(C(=O)CC1C=CCCC1)C1CC=CC21. The second-order valence-corrected chi connectivity index (χ2v) is 7.37. The summed E-state index contributed by atoms with van der Waals surface area (Å²) >= 11 is 0. The molecule has 4 unspecified atom stereocenters. The van der Waals surface area contributed by atoms with E-state index in [0.29, 0.717) is 12.3 Å². The van der Waals surface area contributed by atoms with Gasteiger partial charge in [-0.3, -0.25) is 4.79 Å². The smallest absolute Gasteiger partial charge is 0.335 e. The first kappa shape index (κ1) is 16.1. The van der Waals surface area contributed by atoms with Crippen LogP contribution in [0.25, 0.3) is 0 Å². The number of aromatic carboxylic acids is 1. The summed E-state index contributed by atoms with van der Waals surface area (Å²) in [6.45, 7) is 0. The van der Waals surface area contributed by atoms with Gasteiger partial charge in [-0.15, -0.1) is 0 Å². The monoisotopic (exact) mass is 337 g/mol. The number of hydrogen-bond donors (Lipinski definition) is 2. The van der Waals surface area contributed by atoms with Gasteiger partial charge in [-0.2, -0.15) is 0 Å². The van der Waals surface area contributed by atoms with Crippen molar-refractivity contribution in [2.45, 2.75) is 44.1 Å². The lowest BCUT2D eigenvalue weighted by Crippen LogP contribution is -2.42. The van der Waals surface area contributed by atoms with E-state index >= 15 is 0 Å². The van der Waals surface area contributed by atoms with Gasteiger partial charge in [-0.05, 0) is 55.2 Å². The lowest BCUT2D eigenvalue weighted by Gasteiger charge is -2.37. The fourth-order valence-electron chi connectivity index (χ4n) is 4.49. The number of ketones is 1. The van der Waals surface area contributed by atoms with Crippen molar-refractivity contribution >= 4 is 17.4 Å². The van der Waals surface area contributed by atoms with Gasteiger partial charge in [-0.1, -0.05) is 30.4 Å². The van der Waals surface area contributed by atoms with Crippen LogP contribution in [0.4, 0.5) is 5.69 Å². The number of carboxylic acid groups (broad SMARTS) is 1. The summed E-state index contributed by atoms with van der Waals surface area (Å²) in [6, 6.07) is 4.98. The number of hydrogen-bond acceptors (Lipinski definition) is 3. The molecule has 1 aliphatic heterocycles. The molecule has 4 heteroatoms. The molecule has 0 saturated carbocycles. The molecule has 0 aromatic heterocycles. The summed E-state index contributed by atoms with van der Waals surface area (Å²) in [7, 11) is 0. The van der Waals surface area contributed by atoms with E-state index < -0.39 is 5.97 Å². The molecule has 4 rings (SSSR count). The average molecular weight is 337 g/mol. The van der Waals surface area contributed by atoms with E-state index in [2.05, 4.69) is 29.6 Å². The molecule has 0 radical (unpaired) electrons. The van der Waals surface area contributed by atoms with Crippen LogP contribution in [0.2, 0.25) is 0 Å². The lowest BCUT2D eigenvalue weighted by molar-refractivity contribution is -0.121. The Labute approximate surface area is 147 Å². The van der Waals surface area contributed by atoms with Crippen molar-refractivity contribution in [3.8, 4) is 0 Å². The van der Waals surface area contributed by atoms with Crippen LogP contribution >= 0.6 is 0 Å². The van der Waals surface area contributed by atoms with Crippen LogP contribution in [-0.4, -0.2) is 22.9 Å². The Morgan fingerprint density at radius 1 is 1.20 bits per heavy atom. The minimum absolute atomic E-state index is 0.204. The lowest BCUT2D eigenvalue weighted by atomic mass is 9.76. The highest BCUT2D eigenvalue weighted by molar-refractivity contribution is 5.92. The number of allylic oxidation sites excluding steroid dienone is 4. The number of fused-ring (bicyclic) bond motifs is 3. The van der Waals surface area contributed by atoms with Crippen LogP contribution in [0.15, 0.2) is 42.5 Å². The number of anilines is 1. The van der Waals surface area contributed by atoms with E-state index in [1.54, 1.807) is 12.1 Å². The van der Waals surface area contributed by atoms with Crippen molar-refractivity contribution in [2.75, 3.05) is 5.32 Å². The number of carbonyl (C=O) groups is 2. The minimum atomic E-state index is -0.941. The Kier molecular flexibility index (Phi) is 4.20. The van der Waals surface area contributed by atoms with Crippen molar-refractivity contribution in [1.82, 2.24) is 0 Å². The van der Waals surface area contributed by atoms with Gasteiger partial charge < -0.3 is 10.4 Å². The summed E-state index contributed by atoms with van der Waals surface area (Å²) in [5.41, 5.74) is 2.16. The number of carbonyl (C=O) groups excluding carboxylic acids is 1. The third-order valence-corrected chi connectivity index (χ3v) is 5.78. The van der Waals surface area contributed by atoms with Gasteiger partial charge in [0.1, 0.15) is 0 Å². The molecule has 0 bridgehead atoms. The van der Waals surface area contributed by atoms with Gasteiger partial charge in [0.2, 0.25) is 0 Å². The second-order valence-electron chi connectivity index (χ2n) is 7.37. The normalized spacial score (nSPS) is 29.6. The summed E-state index contributed by atoms with van der Waals surface area (Å²) in [5, 5.41) is 12.6. The fourth-order valence-corrected chi connectivity index (χ4v) is 4.49. The molecular formula is C21H23NO3. The summed E-state index contributed by atoms with van der Waals surface area (Å²) in [6.07, 6.45) is 13.5. The van der Waals surface area contributed by atoms with Crippen LogP contribution < -0.4 is 5.32 Å². The largest absolute Gasteiger partial charge is 0.478 e. The Hall–Kier alpha value is -2.36. The molecule has 130 valence electrons. The molecule has 4 atom stereocenters. The zero-order valence-corrected chi connectivity index (χ0v) is 14.2. The van der Waals surface area contributed by atoms with E-state index in [1.165, 1.54) is 0 Å². The van der Waals surface area contributed by atoms with Crippen molar-refractivity contribution in [1.29, 1.82) is 0 Å². The van der Waals surface area contributed by atoms with Gasteiger partial charge in [0.15, 0.2) is 5.78 Å². The second kappa shape index (κ2) is 6.51. The van der Waals surface area contributed by atoms with Gasteiger partial charge in [0.05, 0.1) is 11.6 Å². The Bertz CT molecular complexity index is 764. The quantitative estimate of drug-likeness (QED) is 0.810. The van der Waals surface area contributed by atoms with E-state index in [-0.39, 0.29) is 29.2 Å². The third-order valence-electron chi connectivity index (χ3n) is 5.78. The molecule has 0 amide bonds. The maximum Gasteiger partial charge on any atom is 0.335 e. The highest BCUT2D eigenvalue weighted by atomic mass is 16.4. The molecule has 25 heavy (non-hydrogen) atoms. The fraction of sp³-hybridized carbons (Fsp3) is 0.429. The zero-order valence-electron chi connectivity index (χ0n) is 14.2. The first-order valence-corrected chi connectivity index (χ1v) is 9.13. The molecular weight excluding hydrogens is 314 g/mol. The minimum Gasteiger partial charge on any atom is -0.478 e. The van der Waals surface area contributed by atoms with E-state index in [4.69, 9.17) is 0 Å². The molecule has 4 nitrogen and oxygen atoms in total. The average Bonchev–Trinajstić information content (AvgIpc) is 3.11. The third kappa shape index (κ3) is 3.01. The number of benzene rings is 1. The van der Waals surface area contributed by atoms with Gasteiger partial charge >= 0.3 is 5.97 Å². The van der Waals surface area contributed by atoms with Crippen LogP contribution in [0.1, 0.15) is 53.9 Å². The summed E-state index contributed by atoms with van der Waals surface area (Å²) < 4.78 is 0. The zero-order chi connectivity index (χ0) is 17.4. The van der Waals surface area contributed by atoms with E-state index in [9.17, 15) is 14.7 Å². The molecule has 0 fully saturated rings. The van der Waals surface area contributed by atoms with Gasteiger partial charge in [0, 0.05) is 18.0 Å². The molecule has 1 aromatic rings. The van der Waals surface area contributed by atoms with Crippen LogP contribution in [-0.2, 0) is 4.79 Å². The van der Waals surface area contributed by atoms with Gasteiger partial charge in [0.25, 0.3) is 0 Å². The number of nitrogens with one attached hydrogen (secondary N) is 1. The maximum absolute atomic E-state index is 13.0. The van der Waals surface area contributed by atoms with E-state index in [1.807, 2.05) is 6.07 Å². The Morgan fingerprint density at radius 2 is 2.08 bits per heavy atom. The molecule has 0 saturated heterocycles. The van der Waals surface area contributed by atoms with Crippen molar-refractivity contribution in [3.05, 3.63) is 53.6 Å². The van der Waals surface area contributed by atoms with Crippen molar-refractivity contribution < 1.29 is 14.7 Å². The van der Waals surface area contributed by atoms with E-state index in [0.717, 1.165) is 36.9 Å². The first-order chi connectivity index (χ1) is 12.1. The molecule has 0 spiro atoms. The maximum atomic E-state index is 13.0. The van der Waals surface area contributed by atoms with Crippen molar-refractivity contribution in [2.24, 2.45) is 11.8 Å². The topological polar surface area (TPSA) is 66.4 Å². The Balaban J connectivity index is 1.60. The van der Waals surface area contributed by atoms with Crippen molar-refractivity contribution in [3.63, 3.8) is 0 Å². The highest BCUT2D eigenvalue weighted by Crippen LogP contribution is 2.45. The van der Waals surface area contributed by atoms with Crippen LogP contribution in [0.3, 0.4) is 0 Å². The molecule has 1 aromatic carbocycles. The first-order valence-electron chi connectivity index (χ1n) is 9.13. The number of rotatable bonds is 4. The highest BCUT2D eigenvalue weighted by Gasteiger charge is 2.40. The van der Waals surface area contributed by atoms with Crippen LogP contribution in [0.5, 0.6) is 0 Å². The standard InChI is InChI=1S/C21H23NO3/c23-19(11-13-5-2-1-3-6-13)20-17-8-4-7-15(17)16-10-9-14(21(24)25)12-18(16)22-20/h2,4-5,7,9-10,12-13,15,17,20,22H,1,3,6,8,11H2,(H,24,25). The summed E-state index contributed by atoms with van der Waals surface area (Å²) in [4.78, 5) is 24.3. The predicted octanol–water partition coefficient (Wildman–Crippen LogP) is 4.15. The van der Waals surface area contributed by atoms with Gasteiger partial charge in [-0.25, -0.2) is 4.79 Å². The predicted molar refractivity (Wildman–Crippen MR) is 96.9 cm³/mol. The molecule has 1 heterocycles.